The Labute approximate surface area is 136 Å². The van der Waals surface area contributed by atoms with Crippen molar-refractivity contribution < 1.29 is 4.92 Å². The highest BCUT2D eigenvalue weighted by Crippen LogP contribution is 2.37. The number of hydrogen-bond acceptors (Lipinski definition) is 3. The average molecular weight is 312 g/mol. The van der Waals surface area contributed by atoms with E-state index in [-0.39, 0.29) is 10.6 Å². The first-order chi connectivity index (χ1) is 11.2. The van der Waals surface area contributed by atoms with Crippen molar-refractivity contribution in [3.05, 3.63) is 52.6 Å². The Hall–Kier alpha value is -1.98. The molecule has 0 saturated carbocycles. The van der Waals surface area contributed by atoms with Crippen LogP contribution in [0.2, 0.25) is 0 Å². The Balaban J connectivity index is 0.000000140. The molecular formula is C18H22N3O2. The number of nitro groups is 1. The van der Waals surface area contributed by atoms with Crippen LogP contribution in [-0.4, -0.2) is 35.0 Å². The van der Waals surface area contributed by atoms with Crippen LogP contribution < -0.4 is 5.73 Å². The smallest absolute Gasteiger partial charge is 0.277 e. The molecule has 5 heteroatoms. The molecule has 1 N–H and O–H groups in total. The second-order valence-electron chi connectivity index (χ2n) is 6.35. The van der Waals surface area contributed by atoms with E-state index in [9.17, 15) is 10.1 Å². The molecule has 2 heterocycles. The monoisotopic (exact) mass is 312 g/mol. The van der Waals surface area contributed by atoms with Crippen LogP contribution in [0.1, 0.15) is 25.7 Å². The van der Waals surface area contributed by atoms with Gasteiger partial charge in [0, 0.05) is 18.2 Å². The number of nitro benzene ring substituents is 1. The molecule has 0 amide bonds. The number of rotatable bonds is 2. The van der Waals surface area contributed by atoms with Gasteiger partial charge in [-0.15, -0.1) is 0 Å². The van der Waals surface area contributed by atoms with Gasteiger partial charge in [-0.05, 0) is 50.2 Å². The number of non-ortho nitro benzene ring substituents is 1. The van der Waals surface area contributed by atoms with Crippen molar-refractivity contribution in [2.45, 2.75) is 31.2 Å². The van der Waals surface area contributed by atoms with Gasteiger partial charge in [0.05, 0.1) is 10.3 Å². The van der Waals surface area contributed by atoms with Crippen molar-refractivity contribution in [2.75, 3.05) is 19.6 Å². The second-order valence-corrected chi connectivity index (χ2v) is 6.35. The molecule has 4 rings (SSSR count). The van der Waals surface area contributed by atoms with Crippen LogP contribution in [0.15, 0.2) is 42.5 Å². The molecule has 2 aliphatic heterocycles. The summed E-state index contributed by atoms with van der Waals surface area (Å²) in [6, 6.07) is 12.4. The van der Waals surface area contributed by atoms with Crippen molar-refractivity contribution in [1.82, 2.24) is 10.6 Å². The van der Waals surface area contributed by atoms with Crippen LogP contribution >= 0.6 is 0 Å². The molecule has 1 radical (unpaired) electrons. The molecule has 0 atom stereocenters. The number of nitrogens with one attached hydrogen (secondary N) is 1. The molecule has 2 aromatic carbocycles. The maximum atomic E-state index is 10.6. The van der Waals surface area contributed by atoms with Gasteiger partial charge in [-0.3, -0.25) is 20.7 Å². The van der Waals surface area contributed by atoms with Crippen LogP contribution in [0.4, 0.5) is 5.69 Å². The standard InChI is InChI=1S/C10H7NO2.C8H15N2/c12-11(13)10-7-3-5-8-4-1-2-6-9(8)10;9-7-8-3-1-5-10(8)6-2-4-8/h1-7H;9H,1-7H2. The molecule has 0 aromatic heterocycles. The third kappa shape index (κ3) is 3.07. The van der Waals surface area contributed by atoms with Crippen LogP contribution in [0.5, 0.6) is 0 Å². The van der Waals surface area contributed by atoms with E-state index in [1.807, 2.05) is 18.2 Å². The minimum atomic E-state index is -0.359. The Morgan fingerprint density at radius 3 is 2.35 bits per heavy atom. The van der Waals surface area contributed by atoms with Gasteiger partial charge in [0.1, 0.15) is 0 Å². The van der Waals surface area contributed by atoms with Crippen LogP contribution in [-0.2, 0) is 0 Å². The quantitative estimate of drug-likeness (QED) is 0.628. The highest BCUT2D eigenvalue weighted by molar-refractivity contribution is 5.90. The summed E-state index contributed by atoms with van der Waals surface area (Å²) in [5.41, 5.74) is 7.99. The summed E-state index contributed by atoms with van der Waals surface area (Å²) < 4.78 is 0. The summed E-state index contributed by atoms with van der Waals surface area (Å²) in [7, 11) is 0. The van der Waals surface area contributed by atoms with Gasteiger partial charge >= 0.3 is 0 Å². The predicted octanol–water partition coefficient (Wildman–Crippen LogP) is 3.65. The fraction of sp³-hybridized carbons (Fsp3) is 0.444. The predicted molar refractivity (Wildman–Crippen MR) is 91.3 cm³/mol. The van der Waals surface area contributed by atoms with Crippen molar-refractivity contribution in [2.24, 2.45) is 0 Å². The third-order valence-corrected chi connectivity index (χ3v) is 5.10. The average Bonchev–Trinajstić information content (AvgIpc) is 3.15. The zero-order chi connectivity index (χ0) is 16.3. The largest absolute Gasteiger partial charge is 0.296 e. The molecule has 2 aliphatic rings. The number of fused-ring (bicyclic) bond motifs is 2. The fourth-order valence-electron chi connectivity index (χ4n) is 3.88. The molecule has 23 heavy (non-hydrogen) atoms. The van der Waals surface area contributed by atoms with E-state index in [4.69, 9.17) is 5.73 Å². The SMILES string of the molecule is O=[N+]([O-])c1cccc2ccccc12.[NH]CC12CCCN1CCC2. The lowest BCUT2D eigenvalue weighted by Crippen LogP contribution is -2.41. The maximum absolute atomic E-state index is 10.6. The van der Waals surface area contributed by atoms with E-state index >= 15 is 0 Å². The number of nitrogens with zero attached hydrogens (tertiary/aromatic N) is 2. The molecular weight excluding hydrogens is 290 g/mol. The lowest BCUT2D eigenvalue weighted by Gasteiger charge is -2.29. The first-order valence-electron chi connectivity index (χ1n) is 8.18. The molecule has 0 spiro atoms. The lowest BCUT2D eigenvalue weighted by molar-refractivity contribution is -0.383. The summed E-state index contributed by atoms with van der Waals surface area (Å²) in [4.78, 5) is 12.8. The molecule has 0 aliphatic carbocycles. The van der Waals surface area contributed by atoms with Crippen molar-refractivity contribution >= 4 is 16.5 Å². The fourth-order valence-corrected chi connectivity index (χ4v) is 3.88. The lowest BCUT2D eigenvalue weighted by atomic mass is 9.95. The van der Waals surface area contributed by atoms with Crippen molar-refractivity contribution in [1.29, 1.82) is 0 Å². The van der Waals surface area contributed by atoms with Crippen LogP contribution in [0, 0.1) is 10.1 Å². The Bertz CT molecular complexity index is 686. The molecule has 2 fully saturated rings. The highest BCUT2D eigenvalue weighted by atomic mass is 16.6. The molecule has 0 unspecified atom stereocenters. The van der Waals surface area contributed by atoms with E-state index in [2.05, 4.69) is 4.90 Å². The number of hydrogen-bond donors (Lipinski definition) is 0. The second kappa shape index (κ2) is 6.64. The van der Waals surface area contributed by atoms with Gasteiger partial charge in [-0.25, -0.2) is 0 Å². The van der Waals surface area contributed by atoms with Crippen LogP contribution in [0.3, 0.4) is 0 Å². The summed E-state index contributed by atoms with van der Waals surface area (Å²) in [5.74, 6) is 0. The molecule has 5 nitrogen and oxygen atoms in total. The Morgan fingerprint density at radius 1 is 1.09 bits per heavy atom. The third-order valence-electron chi connectivity index (χ3n) is 5.10. The molecule has 121 valence electrons. The van der Waals surface area contributed by atoms with Gasteiger partial charge in [0.15, 0.2) is 0 Å². The summed E-state index contributed by atoms with van der Waals surface area (Å²) in [6.07, 6.45) is 5.24. The van der Waals surface area contributed by atoms with E-state index in [1.165, 1.54) is 44.8 Å². The molecule has 2 saturated heterocycles. The Morgan fingerprint density at radius 2 is 1.74 bits per heavy atom. The van der Waals surface area contributed by atoms with E-state index in [0.29, 0.717) is 17.5 Å². The summed E-state index contributed by atoms with van der Waals surface area (Å²) in [6.45, 7) is 3.16. The minimum Gasteiger partial charge on any atom is -0.296 e. The van der Waals surface area contributed by atoms with Gasteiger partial charge in [0.2, 0.25) is 0 Å². The zero-order valence-electron chi connectivity index (χ0n) is 13.2. The van der Waals surface area contributed by atoms with Gasteiger partial charge in [-0.2, -0.15) is 0 Å². The van der Waals surface area contributed by atoms with E-state index < -0.39 is 0 Å². The van der Waals surface area contributed by atoms with Crippen molar-refractivity contribution in [3.8, 4) is 0 Å². The van der Waals surface area contributed by atoms with Gasteiger partial charge < -0.3 is 0 Å². The Kier molecular flexibility index (Phi) is 4.59. The first kappa shape index (κ1) is 15.9. The first-order valence-corrected chi connectivity index (χ1v) is 8.18. The summed E-state index contributed by atoms with van der Waals surface area (Å²) in [5, 5.41) is 12.2. The summed E-state index contributed by atoms with van der Waals surface area (Å²) >= 11 is 0. The van der Waals surface area contributed by atoms with Gasteiger partial charge in [-0.1, -0.05) is 30.3 Å². The highest BCUT2D eigenvalue weighted by Gasteiger charge is 2.42. The molecule has 0 bridgehead atoms. The molecule has 2 aromatic rings. The minimum absolute atomic E-state index is 0.165. The van der Waals surface area contributed by atoms with Gasteiger partial charge in [0.25, 0.3) is 5.69 Å². The van der Waals surface area contributed by atoms with E-state index in [0.717, 1.165) is 5.39 Å². The normalized spacial score (nSPS) is 19.2. The topological polar surface area (TPSA) is 70.2 Å². The van der Waals surface area contributed by atoms with Crippen molar-refractivity contribution in [3.63, 3.8) is 0 Å². The van der Waals surface area contributed by atoms with Crippen LogP contribution in [0.25, 0.3) is 10.8 Å². The van der Waals surface area contributed by atoms with E-state index in [1.54, 1.807) is 18.2 Å². The number of benzene rings is 2. The maximum Gasteiger partial charge on any atom is 0.277 e. The zero-order valence-corrected chi connectivity index (χ0v) is 13.2.